The molecule has 0 spiro atoms. The van der Waals surface area contributed by atoms with Crippen molar-refractivity contribution in [2.24, 2.45) is 0 Å². The van der Waals surface area contributed by atoms with Gasteiger partial charge >= 0.3 is 12.1 Å². The molecule has 1 unspecified atom stereocenters. The Bertz CT molecular complexity index is 527. The number of alkyl halides is 5. The van der Waals surface area contributed by atoms with Crippen LogP contribution in [0.15, 0.2) is 12.1 Å². The molecule has 1 N–H and O–H groups in total. The number of nitrogens with one attached hydrogen (secondary N) is 1. The second kappa shape index (κ2) is 5.44. The third-order valence-corrected chi connectivity index (χ3v) is 3.71. The second-order valence-corrected chi connectivity index (χ2v) is 5.18. The lowest BCUT2D eigenvalue weighted by molar-refractivity contribution is -0.289. The van der Waals surface area contributed by atoms with E-state index in [2.05, 4.69) is 5.32 Å². The van der Waals surface area contributed by atoms with Crippen LogP contribution in [-0.4, -0.2) is 26.4 Å². The first-order chi connectivity index (χ1) is 9.68. The summed E-state index contributed by atoms with van der Waals surface area (Å²) in [6.07, 6.45) is -5.09. The SMILES string of the molecule is COc1cc2c(cc1C(F)(F)C(F)(F)F)C(C)CNCC2. The number of hydrogen-bond acceptors (Lipinski definition) is 2. The Hall–Kier alpha value is -1.37. The molecular formula is C14H16F5NO. The van der Waals surface area contributed by atoms with Gasteiger partial charge < -0.3 is 10.1 Å². The lowest BCUT2D eigenvalue weighted by Gasteiger charge is -2.24. The van der Waals surface area contributed by atoms with Gasteiger partial charge in [-0.05, 0) is 42.1 Å². The molecule has 1 heterocycles. The Kier molecular flexibility index (Phi) is 4.15. The zero-order valence-electron chi connectivity index (χ0n) is 11.7. The highest BCUT2D eigenvalue weighted by atomic mass is 19.4. The Balaban J connectivity index is 2.61. The molecule has 2 rings (SSSR count). The monoisotopic (exact) mass is 309 g/mol. The van der Waals surface area contributed by atoms with Crippen LogP contribution in [0.25, 0.3) is 0 Å². The number of rotatable bonds is 2. The van der Waals surface area contributed by atoms with Crippen molar-refractivity contribution in [1.82, 2.24) is 5.32 Å². The van der Waals surface area contributed by atoms with Crippen molar-refractivity contribution in [2.45, 2.75) is 31.4 Å². The van der Waals surface area contributed by atoms with Gasteiger partial charge in [0.15, 0.2) is 0 Å². The molecule has 1 aromatic rings. The predicted molar refractivity (Wildman–Crippen MR) is 67.9 cm³/mol. The average molecular weight is 309 g/mol. The van der Waals surface area contributed by atoms with Gasteiger partial charge in [0.05, 0.1) is 12.7 Å². The molecule has 2 nitrogen and oxygen atoms in total. The van der Waals surface area contributed by atoms with Gasteiger partial charge in [-0.2, -0.15) is 22.0 Å². The highest BCUT2D eigenvalue weighted by Gasteiger charge is 2.60. The van der Waals surface area contributed by atoms with Crippen LogP contribution in [0, 0.1) is 0 Å². The Morgan fingerprint density at radius 2 is 1.86 bits per heavy atom. The Morgan fingerprint density at radius 3 is 2.43 bits per heavy atom. The number of ether oxygens (including phenoxy) is 1. The van der Waals surface area contributed by atoms with E-state index < -0.39 is 23.4 Å². The van der Waals surface area contributed by atoms with Crippen LogP contribution in [-0.2, 0) is 12.3 Å². The summed E-state index contributed by atoms with van der Waals surface area (Å²) < 4.78 is 70.0. The predicted octanol–water partition coefficient (Wildman–Crippen LogP) is 3.60. The van der Waals surface area contributed by atoms with E-state index in [9.17, 15) is 22.0 Å². The van der Waals surface area contributed by atoms with E-state index in [1.165, 1.54) is 6.07 Å². The van der Waals surface area contributed by atoms with E-state index in [1.54, 1.807) is 6.92 Å². The van der Waals surface area contributed by atoms with Crippen molar-refractivity contribution >= 4 is 0 Å². The normalized spacial score (nSPS) is 19.9. The highest BCUT2D eigenvalue weighted by Crippen LogP contribution is 2.48. The van der Waals surface area contributed by atoms with Gasteiger partial charge in [0.1, 0.15) is 5.75 Å². The first kappa shape index (κ1) is 16.0. The molecular weight excluding hydrogens is 293 g/mol. The maximum atomic E-state index is 13.7. The fourth-order valence-electron chi connectivity index (χ4n) is 2.53. The Morgan fingerprint density at radius 1 is 1.19 bits per heavy atom. The summed E-state index contributed by atoms with van der Waals surface area (Å²) in [7, 11) is 1.09. The van der Waals surface area contributed by atoms with E-state index in [1.807, 2.05) is 0 Å². The number of methoxy groups -OCH3 is 1. The minimum absolute atomic E-state index is 0.142. The average Bonchev–Trinajstić information content (AvgIpc) is 2.58. The van der Waals surface area contributed by atoms with Crippen molar-refractivity contribution in [3.8, 4) is 5.75 Å². The van der Waals surface area contributed by atoms with Crippen LogP contribution < -0.4 is 10.1 Å². The van der Waals surface area contributed by atoms with Crippen molar-refractivity contribution in [3.63, 3.8) is 0 Å². The van der Waals surface area contributed by atoms with Gasteiger partial charge in [0, 0.05) is 6.54 Å². The lowest BCUT2D eigenvalue weighted by atomic mass is 9.91. The molecule has 0 saturated carbocycles. The highest BCUT2D eigenvalue weighted by molar-refractivity contribution is 5.47. The number of fused-ring (bicyclic) bond motifs is 1. The fraction of sp³-hybridized carbons (Fsp3) is 0.571. The maximum Gasteiger partial charge on any atom is 0.458 e. The summed E-state index contributed by atoms with van der Waals surface area (Å²) in [5.41, 5.74) is 0.135. The van der Waals surface area contributed by atoms with Gasteiger partial charge in [-0.25, -0.2) is 0 Å². The van der Waals surface area contributed by atoms with Crippen molar-refractivity contribution in [3.05, 3.63) is 28.8 Å². The van der Waals surface area contributed by atoms with Crippen molar-refractivity contribution < 1.29 is 26.7 Å². The molecule has 0 bridgehead atoms. The third kappa shape index (κ3) is 2.84. The molecule has 21 heavy (non-hydrogen) atoms. The zero-order valence-corrected chi connectivity index (χ0v) is 11.7. The first-order valence-corrected chi connectivity index (χ1v) is 6.55. The molecule has 0 aromatic heterocycles. The molecule has 1 aliphatic rings. The smallest absolute Gasteiger partial charge is 0.458 e. The standard InChI is InChI=1S/C14H16F5NO/c1-8-7-20-4-3-9-5-12(21-2)11(6-10(8)9)13(15,16)14(17,18)19/h5-6,8,20H,3-4,7H2,1-2H3. The van der Waals surface area contributed by atoms with E-state index in [4.69, 9.17) is 4.74 Å². The van der Waals surface area contributed by atoms with Gasteiger partial charge in [-0.3, -0.25) is 0 Å². The molecule has 0 saturated heterocycles. The van der Waals surface area contributed by atoms with Crippen molar-refractivity contribution in [2.75, 3.05) is 20.2 Å². The molecule has 7 heteroatoms. The summed E-state index contributed by atoms with van der Waals surface area (Å²) in [5, 5.41) is 3.12. The molecule has 1 aromatic carbocycles. The summed E-state index contributed by atoms with van der Waals surface area (Å²) in [4.78, 5) is 0. The number of benzene rings is 1. The van der Waals surface area contributed by atoms with Crippen molar-refractivity contribution in [1.29, 1.82) is 0 Å². The van der Waals surface area contributed by atoms with Crippen LogP contribution in [0.2, 0.25) is 0 Å². The summed E-state index contributed by atoms with van der Waals surface area (Å²) >= 11 is 0. The molecule has 0 aliphatic carbocycles. The molecule has 0 amide bonds. The summed E-state index contributed by atoms with van der Waals surface area (Å²) in [5.74, 6) is -5.51. The lowest BCUT2D eigenvalue weighted by Crippen LogP contribution is -2.34. The maximum absolute atomic E-state index is 13.7. The van der Waals surface area contributed by atoms with Gasteiger partial charge in [0.25, 0.3) is 0 Å². The first-order valence-electron chi connectivity index (χ1n) is 6.55. The fourth-order valence-corrected chi connectivity index (χ4v) is 2.53. The topological polar surface area (TPSA) is 21.3 Å². The van der Waals surface area contributed by atoms with E-state index >= 15 is 0 Å². The van der Waals surface area contributed by atoms with Crippen LogP contribution >= 0.6 is 0 Å². The zero-order chi connectivity index (χ0) is 15.8. The quantitative estimate of drug-likeness (QED) is 0.843. The Labute approximate surface area is 119 Å². The van der Waals surface area contributed by atoms with Gasteiger partial charge in [0.2, 0.25) is 0 Å². The second-order valence-electron chi connectivity index (χ2n) is 5.18. The molecule has 0 fully saturated rings. The molecule has 118 valence electrons. The minimum atomic E-state index is -5.65. The summed E-state index contributed by atoms with van der Waals surface area (Å²) in [6, 6.07) is 2.24. The van der Waals surface area contributed by atoms with Crippen LogP contribution in [0.1, 0.15) is 29.5 Å². The minimum Gasteiger partial charge on any atom is -0.496 e. The largest absolute Gasteiger partial charge is 0.496 e. The molecule has 1 aliphatic heterocycles. The van der Waals surface area contributed by atoms with Crippen LogP contribution in [0.3, 0.4) is 0 Å². The van der Waals surface area contributed by atoms with Gasteiger partial charge in [-0.1, -0.05) is 6.92 Å². The van der Waals surface area contributed by atoms with E-state index in [0.29, 0.717) is 25.1 Å². The van der Waals surface area contributed by atoms with Crippen LogP contribution in [0.4, 0.5) is 22.0 Å². The third-order valence-electron chi connectivity index (χ3n) is 3.71. The molecule has 1 atom stereocenters. The van der Waals surface area contributed by atoms with E-state index in [-0.39, 0.29) is 5.92 Å². The number of halogens is 5. The van der Waals surface area contributed by atoms with E-state index in [0.717, 1.165) is 18.7 Å². The number of hydrogen-bond donors (Lipinski definition) is 1. The molecule has 0 radical (unpaired) electrons. The van der Waals surface area contributed by atoms with Gasteiger partial charge in [-0.15, -0.1) is 0 Å². The van der Waals surface area contributed by atoms with Crippen LogP contribution in [0.5, 0.6) is 5.75 Å². The summed E-state index contributed by atoms with van der Waals surface area (Å²) in [6.45, 7) is 2.98.